The summed E-state index contributed by atoms with van der Waals surface area (Å²) in [7, 11) is 3.01. The molecule has 0 aromatic rings. The maximum atomic E-state index is 11.5. The average molecular weight is 247 g/mol. The summed E-state index contributed by atoms with van der Waals surface area (Å²) < 4.78 is 9.87. The number of hydrogen-bond acceptors (Lipinski definition) is 4. The van der Waals surface area contributed by atoms with Crippen LogP contribution < -0.4 is 5.32 Å². The number of carboxylic acids is 1. The predicted octanol–water partition coefficient (Wildman–Crippen LogP) is 0.265. The highest BCUT2D eigenvalue weighted by Gasteiger charge is 2.14. The molecule has 0 spiro atoms. The van der Waals surface area contributed by atoms with Gasteiger partial charge in [0.05, 0.1) is 12.5 Å². The molecule has 0 aromatic heterocycles. The molecule has 6 heteroatoms. The second-order valence-electron chi connectivity index (χ2n) is 4.02. The van der Waals surface area contributed by atoms with Crippen molar-refractivity contribution in [1.29, 1.82) is 0 Å². The summed E-state index contributed by atoms with van der Waals surface area (Å²) in [5.41, 5.74) is 0. The van der Waals surface area contributed by atoms with E-state index in [2.05, 4.69) is 5.32 Å². The fourth-order valence-electron chi connectivity index (χ4n) is 1.39. The van der Waals surface area contributed by atoms with Gasteiger partial charge in [-0.05, 0) is 5.92 Å². The van der Waals surface area contributed by atoms with Crippen LogP contribution in [0.15, 0.2) is 0 Å². The summed E-state index contributed by atoms with van der Waals surface area (Å²) in [6.07, 6.45) is -0.254. The van der Waals surface area contributed by atoms with Gasteiger partial charge in [-0.1, -0.05) is 6.92 Å². The van der Waals surface area contributed by atoms with Crippen molar-refractivity contribution >= 4 is 11.9 Å². The Hall–Kier alpha value is -1.14. The molecule has 0 saturated heterocycles. The molecular formula is C11H21NO5. The van der Waals surface area contributed by atoms with E-state index in [-0.39, 0.29) is 24.8 Å². The van der Waals surface area contributed by atoms with Gasteiger partial charge in [0.1, 0.15) is 0 Å². The number of rotatable bonds is 9. The zero-order valence-electron chi connectivity index (χ0n) is 10.6. The minimum Gasteiger partial charge on any atom is -0.481 e. The van der Waals surface area contributed by atoms with Crippen molar-refractivity contribution in [3.63, 3.8) is 0 Å². The first-order chi connectivity index (χ1) is 7.99. The van der Waals surface area contributed by atoms with Gasteiger partial charge in [-0.25, -0.2) is 0 Å². The van der Waals surface area contributed by atoms with Crippen LogP contribution in [0, 0.1) is 5.92 Å². The lowest BCUT2D eigenvalue weighted by atomic mass is 10.1. The standard InChI is InChI=1S/C11H21NO5/c1-8(7-16-2)4-10(13)12-6-9(17-3)5-11(14)15/h8-9H,4-7H2,1-3H3,(H,12,13)(H,14,15). The van der Waals surface area contributed by atoms with E-state index in [9.17, 15) is 9.59 Å². The third-order valence-corrected chi connectivity index (χ3v) is 2.25. The Morgan fingerprint density at radius 1 is 1.29 bits per heavy atom. The molecule has 0 saturated carbocycles. The second-order valence-corrected chi connectivity index (χ2v) is 4.02. The zero-order valence-corrected chi connectivity index (χ0v) is 10.6. The van der Waals surface area contributed by atoms with Crippen LogP contribution in [-0.4, -0.2) is 50.5 Å². The van der Waals surface area contributed by atoms with Crippen LogP contribution in [0.2, 0.25) is 0 Å². The molecule has 2 atom stereocenters. The largest absolute Gasteiger partial charge is 0.481 e. The molecule has 0 rings (SSSR count). The number of aliphatic carboxylic acids is 1. The van der Waals surface area contributed by atoms with E-state index in [1.54, 1.807) is 7.11 Å². The fraction of sp³-hybridized carbons (Fsp3) is 0.818. The van der Waals surface area contributed by atoms with Gasteiger partial charge in [-0.3, -0.25) is 9.59 Å². The van der Waals surface area contributed by atoms with Crippen molar-refractivity contribution in [2.45, 2.75) is 25.9 Å². The molecule has 6 nitrogen and oxygen atoms in total. The topological polar surface area (TPSA) is 84.9 Å². The molecule has 2 unspecified atom stereocenters. The van der Waals surface area contributed by atoms with Crippen molar-refractivity contribution in [2.75, 3.05) is 27.4 Å². The van der Waals surface area contributed by atoms with Crippen LogP contribution in [0.5, 0.6) is 0 Å². The minimum atomic E-state index is -0.946. The summed E-state index contributed by atoms with van der Waals surface area (Å²) in [4.78, 5) is 21.9. The van der Waals surface area contributed by atoms with Crippen molar-refractivity contribution in [3.8, 4) is 0 Å². The predicted molar refractivity (Wildman–Crippen MR) is 61.7 cm³/mol. The number of nitrogens with one attached hydrogen (secondary N) is 1. The third-order valence-electron chi connectivity index (χ3n) is 2.25. The quantitative estimate of drug-likeness (QED) is 0.610. The Morgan fingerprint density at radius 2 is 1.94 bits per heavy atom. The van der Waals surface area contributed by atoms with Gasteiger partial charge in [-0.2, -0.15) is 0 Å². The summed E-state index contributed by atoms with van der Waals surface area (Å²) >= 11 is 0. The Labute approximate surface area is 101 Å². The Bertz CT molecular complexity index is 244. The molecule has 0 aliphatic rings. The first kappa shape index (κ1) is 15.9. The first-order valence-electron chi connectivity index (χ1n) is 5.49. The maximum Gasteiger partial charge on any atom is 0.306 e. The van der Waals surface area contributed by atoms with Gasteiger partial charge < -0.3 is 19.9 Å². The lowest BCUT2D eigenvalue weighted by Gasteiger charge is -2.15. The number of carbonyl (C=O) groups excluding carboxylic acids is 1. The van der Waals surface area contributed by atoms with E-state index in [1.807, 2.05) is 6.92 Å². The molecule has 0 aliphatic heterocycles. The van der Waals surface area contributed by atoms with E-state index in [4.69, 9.17) is 14.6 Å². The molecule has 100 valence electrons. The smallest absolute Gasteiger partial charge is 0.306 e. The van der Waals surface area contributed by atoms with Crippen LogP contribution in [0.25, 0.3) is 0 Å². The van der Waals surface area contributed by atoms with Gasteiger partial charge >= 0.3 is 5.97 Å². The van der Waals surface area contributed by atoms with E-state index >= 15 is 0 Å². The molecule has 0 aliphatic carbocycles. The van der Waals surface area contributed by atoms with E-state index in [1.165, 1.54) is 7.11 Å². The number of carboxylic acid groups (broad SMARTS) is 1. The molecule has 0 bridgehead atoms. The molecule has 0 heterocycles. The Morgan fingerprint density at radius 3 is 2.41 bits per heavy atom. The van der Waals surface area contributed by atoms with Crippen LogP contribution in [0.3, 0.4) is 0 Å². The first-order valence-corrected chi connectivity index (χ1v) is 5.49. The van der Waals surface area contributed by atoms with Gasteiger partial charge in [-0.15, -0.1) is 0 Å². The van der Waals surface area contributed by atoms with Gasteiger partial charge in [0.25, 0.3) is 0 Å². The number of methoxy groups -OCH3 is 2. The lowest BCUT2D eigenvalue weighted by Crippen LogP contribution is -2.35. The molecule has 0 radical (unpaired) electrons. The second kappa shape index (κ2) is 8.95. The summed E-state index contributed by atoms with van der Waals surface area (Å²) in [6.45, 7) is 2.64. The fourth-order valence-corrected chi connectivity index (χ4v) is 1.39. The molecule has 1 amide bonds. The highest BCUT2D eigenvalue weighted by molar-refractivity contribution is 5.76. The van der Waals surface area contributed by atoms with Crippen molar-refractivity contribution in [3.05, 3.63) is 0 Å². The number of ether oxygens (including phenoxy) is 2. The molecule has 0 aromatic carbocycles. The van der Waals surface area contributed by atoms with Crippen LogP contribution >= 0.6 is 0 Å². The Balaban J connectivity index is 3.84. The van der Waals surface area contributed by atoms with Crippen molar-refractivity contribution in [1.82, 2.24) is 5.32 Å². The van der Waals surface area contributed by atoms with Crippen LogP contribution in [0.4, 0.5) is 0 Å². The van der Waals surface area contributed by atoms with Crippen LogP contribution in [-0.2, 0) is 19.1 Å². The van der Waals surface area contributed by atoms with Gasteiger partial charge in [0.15, 0.2) is 0 Å². The summed E-state index contributed by atoms with van der Waals surface area (Å²) in [5.74, 6) is -0.929. The van der Waals surface area contributed by atoms with Crippen LogP contribution in [0.1, 0.15) is 19.8 Å². The third kappa shape index (κ3) is 8.65. The average Bonchev–Trinajstić information content (AvgIpc) is 2.23. The normalized spacial score (nSPS) is 14.1. The molecule has 2 N–H and O–H groups in total. The van der Waals surface area contributed by atoms with Gasteiger partial charge in [0.2, 0.25) is 5.91 Å². The number of hydrogen-bond donors (Lipinski definition) is 2. The Kier molecular flexibility index (Phi) is 8.35. The van der Waals surface area contributed by atoms with Crippen molar-refractivity contribution in [2.24, 2.45) is 5.92 Å². The van der Waals surface area contributed by atoms with E-state index in [0.29, 0.717) is 13.0 Å². The highest BCUT2D eigenvalue weighted by atomic mass is 16.5. The lowest BCUT2D eigenvalue weighted by molar-refractivity contribution is -0.140. The van der Waals surface area contributed by atoms with Crippen molar-refractivity contribution < 1.29 is 24.2 Å². The summed E-state index contributed by atoms with van der Waals surface area (Å²) in [6, 6.07) is 0. The monoisotopic (exact) mass is 247 g/mol. The SMILES string of the molecule is COCC(C)CC(=O)NCC(CC(=O)O)OC. The minimum absolute atomic E-state index is 0.121. The summed E-state index contributed by atoms with van der Waals surface area (Å²) in [5, 5.41) is 11.2. The molecule has 17 heavy (non-hydrogen) atoms. The molecular weight excluding hydrogens is 226 g/mol. The number of amides is 1. The van der Waals surface area contributed by atoms with E-state index in [0.717, 1.165) is 0 Å². The maximum absolute atomic E-state index is 11.5. The molecule has 0 fully saturated rings. The number of carbonyl (C=O) groups is 2. The van der Waals surface area contributed by atoms with E-state index < -0.39 is 12.1 Å². The van der Waals surface area contributed by atoms with Gasteiger partial charge in [0, 0.05) is 33.8 Å². The zero-order chi connectivity index (χ0) is 13.3. The highest BCUT2D eigenvalue weighted by Crippen LogP contribution is 2.02.